The van der Waals surface area contributed by atoms with E-state index in [0.29, 0.717) is 52.7 Å². The Balaban J connectivity index is 1.69. The molecule has 1 aliphatic rings. The Morgan fingerprint density at radius 1 is 0.826 bits per heavy atom. The summed E-state index contributed by atoms with van der Waals surface area (Å²) in [5.74, 6) is 0.193. The predicted molar refractivity (Wildman–Crippen MR) is 87.6 cm³/mol. The Kier molecular flexibility index (Phi) is 12.1. The quantitative estimate of drug-likeness (QED) is 0.400. The van der Waals surface area contributed by atoms with E-state index in [1.54, 1.807) is 0 Å². The normalized spacial score (nSPS) is 14.3. The summed E-state index contributed by atoms with van der Waals surface area (Å²) in [6, 6.07) is 0. The highest BCUT2D eigenvalue weighted by molar-refractivity contribution is 5.76. The third kappa shape index (κ3) is 11.4. The summed E-state index contributed by atoms with van der Waals surface area (Å²) in [5.41, 5.74) is 0. The van der Waals surface area contributed by atoms with Crippen molar-refractivity contribution in [1.82, 2.24) is 9.80 Å². The highest BCUT2D eigenvalue weighted by Crippen LogP contribution is 2.07. The third-order valence-electron chi connectivity index (χ3n) is 3.47. The average molecular weight is 332 g/mol. The molecule has 0 bridgehead atoms. The van der Waals surface area contributed by atoms with Gasteiger partial charge in [0.05, 0.1) is 59.3 Å². The fourth-order valence-electron chi connectivity index (χ4n) is 1.89. The maximum absolute atomic E-state index is 11.5. The van der Waals surface area contributed by atoms with E-state index < -0.39 is 0 Å². The van der Waals surface area contributed by atoms with Crippen molar-refractivity contribution in [2.24, 2.45) is 0 Å². The van der Waals surface area contributed by atoms with Gasteiger partial charge >= 0.3 is 0 Å². The van der Waals surface area contributed by atoms with Gasteiger partial charge in [-0.3, -0.25) is 4.79 Å². The van der Waals surface area contributed by atoms with Gasteiger partial charge in [-0.25, -0.2) is 0 Å². The van der Waals surface area contributed by atoms with Crippen LogP contribution in [0.3, 0.4) is 0 Å². The molecule has 0 saturated carbocycles. The monoisotopic (exact) mass is 332 g/mol. The van der Waals surface area contributed by atoms with Gasteiger partial charge in [0.25, 0.3) is 0 Å². The predicted octanol–water partition coefficient (Wildman–Crippen LogP) is 0.237. The van der Waals surface area contributed by atoms with Crippen LogP contribution in [0.15, 0.2) is 0 Å². The summed E-state index contributed by atoms with van der Waals surface area (Å²) in [6.07, 6.45) is 1.60. The summed E-state index contributed by atoms with van der Waals surface area (Å²) in [6.45, 7) is 7.29. The Morgan fingerprint density at radius 2 is 1.30 bits per heavy atom. The molecule has 0 N–H and O–H groups in total. The minimum Gasteiger partial charge on any atom is -0.379 e. The van der Waals surface area contributed by atoms with E-state index in [9.17, 15) is 4.79 Å². The van der Waals surface area contributed by atoms with E-state index in [2.05, 4.69) is 4.90 Å². The standard InChI is InChI=1S/C16H32N2O5/c1-17(2)7-9-21-11-13-23-15-14-22-12-10-20-8-4-16(19)18-5-3-6-18/h3-15H2,1-2H3. The molecule has 0 radical (unpaired) electrons. The van der Waals surface area contributed by atoms with Crippen molar-refractivity contribution in [3.63, 3.8) is 0 Å². The molecule has 0 aromatic carbocycles. The highest BCUT2D eigenvalue weighted by atomic mass is 16.6. The number of rotatable bonds is 15. The SMILES string of the molecule is CN(C)CCOCCOCCOCCOCCC(=O)N1CCC1. The Morgan fingerprint density at radius 3 is 1.74 bits per heavy atom. The highest BCUT2D eigenvalue weighted by Gasteiger charge is 2.19. The first-order valence-corrected chi connectivity index (χ1v) is 8.43. The molecule has 1 rings (SSSR count). The molecule has 1 amide bonds. The Hall–Kier alpha value is -0.730. The summed E-state index contributed by atoms with van der Waals surface area (Å²) < 4.78 is 21.6. The average Bonchev–Trinajstić information content (AvgIpc) is 2.45. The number of likely N-dealkylation sites (tertiary alicyclic amines) is 1. The van der Waals surface area contributed by atoms with Crippen LogP contribution in [-0.2, 0) is 23.7 Å². The summed E-state index contributed by atoms with van der Waals surface area (Å²) in [7, 11) is 4.04. The van der Waals surface area contributed by atoms with Gasteiger partial charge in [0.15, 0.2) is 0 Å². The lowest BCUT2D eigenvalue weighted by Crippen LogP contribution is -2.42. The van der Waals surface area contributed by atoms with Crippen molar-refractivity contribution in [1.29, 1.82) is 0 Å². The molecule has 0 aromatic heterocycles. The second kappa shape index (κ2) is 13.7. The molecule has 1 saturated heterocycles. The summed E-state index contributed by atoms with van der Waals surface area (Å²) >= 11 is 0. The maximum Gasteiger partial charge on any atom is 0.224 e. The van der Waals surface area contributed by atoms with E-state index in [0.717, 1.165) is 32.7 Å². The van der Waals surface area contributed by atoms with E-state index in [-0.39, 0.29) is 5.91 Å². The van der Waals surface area contributed by atoms with Crippen LogP contribution in [0.5, 0.6) is 0 Å². The first-order chi connectivity index (χ1) is 11.2. The van der Waals surface area contributed by atoms with Gasteiger partial charge in [-0.15, -0.1) is 0 Å². The molecule has 0 aromatic rings. The van der Waals surface area contributed by atoms with E-state index in [4.69, 9.17) is 18.9 Å². The van der Waals surface area contributed by atoms with Gasteiger partial charge < -0.3 is 28.7 Å². The van der Waals surface area contributed by atoms with Crippen LogP contribution in [-0.4, -0.2) is 102 Å². The minimum atomic E-state index is 0.193. The van der Waals surface area contributed by atoms with E-state index in [1.165, 1.54) is 0 Å². The zero-order valence-electron chi connectivity index (χ0n) is 14.6. The van der Waals surface area contributed by atoms with Gasteiger partial charge in [0.1, 0.15) is 0 Å². The van der Waals surface area contributed by atoms with E-state index in [1.807, 2.05) is 19.0 Å². The summed E-state index contributed by atoms with van der Waals surface area (Å²) in [4.78, 5) is 15.5. The molecule has 0 unspecified atom stereocenters. The lowest BCUT2D eigenvalue weighted by Gasteiger charge is -2.30. The molecule has 23 heavy (non-hydrogen) atoms. The van der Waals surface area contributed by atoms with Gasteiger partial charge in [-0.05, 0) is 20.5 Å². The third-order valence-corrected chi connectivity index (χ3v) is 3.47. The molecule has 136 valence electrons. The molecule has 0 spiro atoms. The molecule has 7 heteroatoms. The van der Waals surface area contributed by atoms with Crippen molar-refractivity contribution in [3.05, 3.63) is 0 Å². The molecule has 0 aliphatic carbocycles. The van der Waals surface area contributed by atoms with Crippen molar-refractivity contribution in [2.45, 2.75) is 12.8 Å². The fourth-order valence-corrected chi connectivity index (χ4v) is 1.89. The van der Waals surface area contributed by atoms with Gasteiger partial charge in [-0.1, -0.05) is 0 Å². The molecule has 0 atom stereocenters. The molecular weight excluding hydrogens is 300 g/mol. The number of carbonyl (C=O) groups excluding carboxylic acids is 1. The number of hydrogen-bond donors (Lipinski definition) is 0. The summed E-state index contributed by atoms with van der Waals surface area (Å²) in [5, 5.41) is 0. The number of hydrogen-bond acceptors (Lipinski definition) is 6. The van der Waals surface area contributed by atoms with Crippen LogP contribution in [0, 0.1) is 0 Å². The molecule has 1 aliphatic heterocycles. The van der Waals surface area contributed by atoms with Gasteiger partial charge in [-0.2, -0.15) is 0 Å². The van der Waals surface area contributed by atoms with Gasteiger partial charge in [0, 0.05) is 19.6 Å². The first-order valence-electron chi connectivity index (χ1n) is 8.43. The number of ether oxygens (including phenoxy) is 4. The van der Waals surface area contributed by atoms with Crippen LogP contribution in [0.4, 0.5) is 0 Å². The van der Waals surface area contributed by atoms with E-state index >= 15 is 0 Å². The fraction of sp³-hybridized carbons (Fsp3) is 0.938. The second-order valence-corrected chi connectivity index (χ2v) is 5.74. The Labute approximate surface area is 139 Å². The zero-order valence-corrected chi connectivity index (χ0v) is 14.6. The number of nitrogens with zero attached hydrogens (tertiary/aromatic N) is 2. The number of carbonyl (C=O) groups is 1. The Bertz CT molecular complexity index is 298. The van der Waals surface area contributed by atoms with Crippen LogP contribution in [0.1, 0.15) is 12.8 Å². The van der Waals surface area contributed by atoms with Crippen LogP contribution in [0.2, 0.25) is 0 Å². The minimum absolute atomic E-state index is 0.193. The van der Waals surface area contributed by atoms with Crippen LogP contribution in [0.25, 0.3) is 0 Å². The maximum atomic E-state index is 11.5. The lowest BCUT2D eigenvalue weighted by molar-refractivity contribution is -0.135. The smallest absolute Gasteiger partial charge is 0.224 e. The van der Waals surface area contributed by atoms with Crippen LogP contribution >= 0.6 is 0 Å². The molecule has 1 fully saturated rings. The topological polar surface area (TPSA) is 60.5 Å². The van der Waals surface area contributed by atoms with Gasteiger partial charge in [0.2, 0.25) is 5.91 Å². The zero-order chi connectivity index (χ0) is 16.8. The largest absolute Gasteiger partial charge is 0.379 e. The number of amides is 1. The van der Waals surface area contributed by atoms with Crippen molar-refractivity contribution in [3.8, 4) is 0 Å². The van der Waals surface area contributed by atoms with Crippen molar-refractivity contribution in [2.75, 3.05) is 86.6 Å². The lowest BCUT2D eigenvalue weighted by atomic mass is 10.2. The molecule has 1 heterocycles. The molecule has 7 nitrogen and oxygen atoms in total. The van der Waals surface area contributed by atoms with Crippen molar-refractivity contribution >= 4 is 5.91 Å². The molecular formula is C16H32N2O5. The van der Waals surface area contributed by atoms with Crippen molar-refractivity contribution < 1.29 is 23.7 Å². The number of likely N-dealkylation sites (N-methyl/N-ethyl adjacent to an activating group) is 1. The second-order valence-electron chi connectivity index (χ2n) is 5.74. The van der Waals surface area contributed by atoms with Crippen LogP contribution < -0.4 is 0 Å². The first kappa shape index (κ1) is 20.3.